The van der Waals surface area contributed by atoms with Crippen molar-refractivity contribution >= 4 is 5.91 Å². The third-order valence-corrected chi connectivity index (χ3v) is 4.02. The van der Waals surface area contributed by atoms with Crippen molar-refractivity contribution in [2.24, 2.45) is 0 Å². The van der Waals surface area contributed by atoms with Crippen LogP contribution in [0.15, 0.2) is 40.8 Å². The minimum absolute atomic E-state index is 0.132. The quantitative estimate of drug-likeness (QED) is 0.934. The maximum atomic E-state index is 13.0. The summed E-state index contributed by atoms with van der Waals surface area (Å²) in [4.78, 5) is 16.3. The van der Waals surface area contributed by atoms with Crippen LogP contribution in [0.3, 0.4) is 0 Å². The number of aliphatic hydroxyl groups excluding tert-OH is 1. The molecular formula is C17H19FN2O3. The van der Waals surface area contributed by atoms with Gasteiger partial charge in [-0.25, -0.2) is 4.39 Å². The van der Waals surface area contributed by atoms with Crippen molar-refractivity contribution in [2.45, 2.75) is 0 Å². The highest BCUT2D eigenvalue weighted by Crippen LogP contribution is 2.23. The molecule has 6 heteroatoms. The van der Waals surface area contributed by atoms with Crippen LogP contribution in [0.4, 0.5) is 4.39 Å². The van der Waals surface area contributed by atoms with Crippen molar-refractivity contribution in [1.82, 2.24) is 9.80 Å². The smallest absolute Gasteiger partial charge is 0.289 e. The molecule has 0 atom stereocenters. The summed E-state index contributed by atoms with van der Waals surface area (Å²) in [6.45, 7) is 3.50. The van der Waals surface area contributed by atoms with Crippen LogP contribution in [0, 0.1) is 5.82 Å². The highest BCUT2D eigenvalue weighted by atomic mass is 19.1. The molecule has 0 bridgehead atoms. The number of carbonyl (C=O) groups excluding carboxylic acids is 1. The molecule has 1 N–H and O–H groups in total. The summed E-state index contributed by atoms with van der Waals surface area (Å²) in [5, 5.41) is 8.94. The van der Waals surface area contributed by atoms with Gasteiger partial charge in [-0.15, -0.1) is 0 Å². The van der Waals surface area contributed by atoms with Crippen LogP contribution < -0.4 is 0 Å². The van der Waals surface area contributed by atoms with E-state index in [4.69, 9.17) is 9.52 Å². The first-order valence-corrected chi connectivity index (χ1v) is 7.65. The Bertz CT molecular complexity index is 661. The van der Waals surface area contributed by atoms with Gasteiger partial charge in [0.1, 0.15) is 11.6 Å². The van der Waals surface area contributed by atoms with E-state index in [1.165, 1.54) is 12.1 Å². The predicted octanol–water partition coefficient (Wildman–Crippen LogP) is 1.84. The van der Waals surface area contributed by atoms with Crippen LogP contribution in [0.1, 0.15) is 10.6 Å². The summed E-state index contributed by atoms with van der Waals surface area (Å²) in [6.07, 6.45) is 0. The van der Waals surface area contributed by atoms with Gasteiger partial charge in [-0.1, -0.05) is 0 Å². The molecule has 3 rings (SSSR count). The number of furan rings is 1. The number of hydrogen-bond acceptors (Lipinski definition) is 4. The Morgan fingerprint density at radius 1 is 1.09 bits per heavy atom. The summed E-state index contributed by atoms with van der Waals surface area (Å²) in [5.41, 5.74) is 0.734. The van der Waals surface area contributed by atoms with E-state index in [1.807, 2.05) is 0 Å². The highest BCUT2D eigenvalue weighted by Gasteiger charge is 2.24. The molecule has 1 aliphatic heterocycles. The first-order chi connectivity index (χ1) is 11.2. The summed E-state index contributed by atoms with van der Waals surface area (Å²) in [5.74, 6) is 0.395. The van der Waals surface area contributed by atoms with Gasteiger partial charge in [0.15, 0.2) is 5.76 Å². The molecule has 0 unspecified atom stereocenters. The maximum Gasteiger partial charge on any atom is 0.289 e. The normalized spacial score (nSPS) is 15.8. The van der Waals surface area contributed by atoms with Crippen molar-refractivity contribution in [3.05, 3.63) is 48.0 Å². The van der Waals surface area contributed by atoms with Crippen molar-refractivity contribution in [3.8, 4) is 11.3 Å². The van der Waals surface area contributed by atoms with Crippen LogP contribution in [0.25, 0.3) is 11.3 Å². The fraction of sp³-hybridized carbons (Fsp3) is 0.353. The molecule has 2 heterocycles. The number of β-amino-alcohol motifs (C(OH)–C–C–N with tert-alkyl or cyclic N) is 1. The summed E-state index contributed by atoms with van der Waals surface area (Å²) < 4.78 is 18.6. The van der Waals surface area contributed by atoms with E-state index in [1.54, 1.807) is 29.2 Å². The third kappa shape index (κ3) is 3.60. The van der Waals surface area contributed by atoms with Crippen molar-refractivity contribution < 1.29 is 18.7 Å². The molecule has 122 valence electrons. The average molecular weight is 318 g/mol. The Kier molecular flexibility index (Phi) is 4.73. The average Bonchev–Trinajstić information content (AvgIpc) is 3.06. The molecule has 1 fully saturated rings. The largest absolute Gasteiger partial charge is 0.451 e. The van der Waals surface area contributed by atoms with Gasteiger partial charge >= 0.3 is 0 Å². The molecule has 1 amide bonds. The summed E-state index contributed by atoms with van der Waals surface area (Å²) in [6, 6.07) is 9.34. The van der Waals surface area contributed by atoms with Gasteiger partial charge in [-0.3, -0.25) is 9.69 Å². The Hall–Kier alpha value is -2.18. The van der Waals surface area contributed by atoms with E-state index >= 15 is 0 Å². The standard InChI is InChI=1S/C17H19FN2O3/c18-14-3-1-13(2-4-14)15-5-6-16(23-15)17(22)20-9-7-19(8-10-20)11-12-21/h1-6,21H,7-12H2. The van der Waals surface area contributed by atoms with Crippen LogP contribution in [-0.4, -0.2) is 60.1 Å². The number of piperazine rings is 1. The topological polar surface area (TPSA) is 56.9 Å². The zero-order valence-electron chi connectivity index (χ0n) is 12.7. The first kappa shape index (κ1) is 15.7. The molecule has 1 aliphatic rings. The Morgan fingerprint density at radius 3 is 2.43 bits per heavy atom. The molecular weight excluding hydrogens is 299 g/mol. The van der Waals surface area contributed by atoms with E-state index in [0.29, 0.717) is 31.2 Å². The molecule has 5 nitrogen and oxygen atoms in total. The minimum Gasteiger partial charge on any atom is -0.451 e. The number of nitrogens with zero attached hydrogens (tertiary/aromatic N) is 2. The van der Waals surface area contributed by atoms with Crippen LogP contribution in [0.2, 0.25) is 0 Å². The van der Waals surface area contributed by atoms with Gasteiger partial charge in [0.05, 0.1) is 6.61 Å². The molecule has 1 aromatic carbocycles. The minimum atomic E-state index is -0.308. The molecule has 1 aromatic heterocycles. The fourth-order valence-electron chi connectivity index (χ4n) is 2.69. The van der Waals surface area contributed by atoms with Crippen molar-refractivity contribution in [3.63, 3.8) is 0 Å². The van der Waals surface area contributed by atoms with Crippen LogP contribution in [0.5, 0.6) is 0 Å². The Morgan fingerprint density at radius 2 is 1.78 bits per heavy atom. The lowest BCUT2D eigenvalue weighted by molar-refractivity contribution is 0.0586. The van der Waals surface area contributed by atoms with Gasteiger partial charge in [-0.05, 0) is 36.4 Å². The van der Waals surface area contributed by atoms with Gasteiger partial charge in [0.2, 0.25) is 0 Å². The summed E-state index contributed by atoms with van der Waals surface area (Å²) in [7, 11) is 0. The lowest BCUT2D eigenvalue weighted by atomic mass is 10.2. The monoisotopic (exact) mass is 318 g/mol. The van der Waals surface area contributed by atoms with E-state index in [2.05, 4.69) is 4.90 Å². The second-order valence-electron chi connectivity index (χ2n) is 5.53. The number of aliphatic hydroxyl groups is 1. The molecule has 0 spiro atoms. The first-order valence-electron chi connectivity index (χ1n) is 7.65. The van der Waals surface area contributed by atoms with Gasteiger partial charge in [-0.2, -0.15) is 0 Å². The lowest BCUT2D eigenvalue weighted by Gasteiger charge is -2.33. The third-order valence-electron chi connectivity index (χ3n) is 4.02. The van der Waals surface area contributed by atoms with Crippen LogP contribution in [-0.2, 0) is 0 Å². The second-order valence-corrected chi connectivity index (χ2v) is 5.53. The molecule has 0 saturated carbocycles. The number of carbonyl (C=O) groups is 1. The molecule has 0 aliphatic carbocycles. The zero-order chi connectivity index (χ0) is 16.2. The van der Waals surface area contributed by atoms with Gasteiger partial charge in [0, 0.05) is 38.3 Å². The second kappa shape index (κ2) is 6.93. The molecule has 2 aromatic rings. The lowest BCUT2D eigenvalue weighted by Crippen LogP contribution is -2.49. The van der Waals surface area contributed by atoms with E-state index in [0.717, 1.165) is 18.7 Å². The maximum absolute atomic E-state index is 13.0. The van der Waals surface area contributed by atoms with Crippen LogP contribution >= 0.6 is 0 Å². The number of amides is 1. The van der Waals surface area contributed by atoms with E-state index in [9.17, 15) is 9.18 Å². The summed E-state index contributed by atoms with van der Waals surface area (Å²) >= 11 is 0. The number of benzene rings is 1. The van der Waals surface area contributed by atoms with Crippen molar-refractivity contribution in [1.29, 1.82) is 0 Å². The molecule has 0 radical (unpaired) electrons. The van der Waals surface area contributed by atoms with Crippen molar-refractivity contribution in [2.75, 3.05) is 39.3 Å². The zero-order valence-corrected chi connectivity index (χ0v) is 12.7. The molecule has 23 heavy (non-hydrogen) atoms. The van der Waals surface area contributed by atoms with Gasteiger partial charge < -0.3 is 14.4 Å². The number of halogens is 1. The number of rotatable bonds is 4. The SMILES string of the molecule is O=C(c1ccc(-c2ccc(F)cc2)o1)N1CCN(CCO)CC1. The van der Waals surface area contributed by atoms with E-state index in [-0.39, 0.29) is 18.3 Å². The predicted molar refractivity (Wildman–Crippen MR) is 83.5 cm³/mol. The Labute approximate surface area is 133 Å². The van der Waals surface area contributed by atoms with Gasteiger partial charge in [0.25, 0.3) is 5.91 Å². The Balaban J connectivity index is 1.66. The number of hydrogen-bond donors (Lipinski definition) is 1. The van der Waals surface area contributed by atoms with E-state index < -0.39 is 0 Å². The fourth-order valence-corrected chi connectivity index (χ4v) is 2.69. The molecule has 1 saturated heterocycles. The highest BCUT2D eigenvalue weighted by molar-refractivity contribution is 5.92.